The number of carbonyl (C=O) groups is 1. The highest BCUT2D eigenvalue weighted by Crippen LogP contribution is 2.24. The summed E-state index contributed by atoms with van der Waals surface area (Å²) in [4.78, 5) is 14.2. The summed E-state index contributed by atoms with van der Waals surface area (Å²) in [7, 11) is 0. The van der Waals surface area contributed by atoms with E-state index in [4.69, 9.17) is 19.5 Å². The summed E-state index contributed by atoms with van der Waals surface area (Å²) in [6.07, 6.45) is 5.20. The van der Waals surface area contributed by atoms with E-state index in [1.807, 2.05) is 32.9 Å². The minimum atomic E-state index is -0.439. The highest BCUT2D eigenvalue weighted by atomic mass is 16.6. The Morgan fingerprint density at radius 2 is 1.93 bits per heavy atom. The number of unbranched alkanes of at least 4 members (excludes halogenated alkanes) is 4. The van der Waals surface area contributed by atoms with Crippen LogP contribution >= 0.6 is 0 Å². The fourth-order valence-corrected chi connectivity index (χ4v) is 3.38. The summed E-state index contributed by atoms with van der Waals surface area (Å²) in [6, 6.07) is 10.3. The van der Waals surface area contributed by atoms with Gasteiger partial charge in [0.05, 0.1) is 31.8 Å². The molecule has 1 saturated heterocycles. The molecule has 1 aromatic carbocycles. The Morgan fingerprint density at radius 3 is 2.63 bits per heavy atom. The highest BCUT2D eigenvalue weighted by molar-refractivity contribution is 5.70. The minimum absolute atomic E-state index is 0.00608. The number of nitrogens with zero attached hydrogens (tertiary/aromatic N) is 2. The van der Waals surface area contributed by atoms with Gasteiger partial charge < -0.3 is 14.2 Å². The molecule has 6 nitrogen and oxygen atoms in total. The monoisotopic (exact) mass is 416 g/mol. The van der Waals surface area contributed by atoms with E-state index in [0.717, 1.165) is 50.1 Å². The lowest BCUT2D eigenvalue weighted by molar-refractivity contribution is -0.155. The van der Waals surface area contributed by atoms with Crippen molar-refractivity contribution in [1.29, 1.82) is 5.26 Å². The molecule has 0 aromatic heterocycles. The van der Waals surface area contributed by atoms with Crippen molar-refractivity contribution in [3.05, 3.63) is 29.8 Å². The summed E-state index contributed by atoms with van der Waals surface area (Å²) in [5.74, 6) is 0.713. The van der Waals surface area contributed by atoms with E-state index in [1.165, 1.54) is 0 Å². The zero-order chi connectivity index (χ0) is 21.8. The molecule has 0 saturated carbocycles. The summed E-state index contributed by atoms with van der Waals surface area (Å²) in [5.41, 5.74) is 0.687. The maximum Gasteiger partial charge on any atom is 0.307 e. The van der Waals surface area contributed by atoms with E-state index >= 15 is 0 Å². The maximum absolute atomic E-state index is 12.0. The van der Waals surface area contributed by atoms with Crippen LogP contribution in [0, 0.1) is 11.3 Å². The van der Waals surface area contributed by atoms with Gasteiger partial charge >= 0.3 is 5.97 Å². The van der Waals surface area contributed by atoms with Crippen molar-refractivity contribution in [2.75, 3.05) is 32.8 Å². The Morgan fingerprint density at radius 1 is 1.20 bits per heavy atom. The van der Waals surface area contributed by atoms with Crippen LogP contribution in [-0.4, -0.2) is 49.3 Å². The van der Waals surface area contributed by atoms with E-state index in [-0.39, 0.29) is 12.1 Å². The molecule has 0 radical (unpaired) electrons. The molecule has 0 aliphatic carbocycles. The van der Waals surface area contributed by atoms with Crippen molar-refractivity contribution in [2.45, 2.75) is 71.0 Å². The van der Waals surface area contributed by atoms with Crippen LogP contribution in [0.1, 0.15) is 71.0 Å². The molecule has 1 aliphatic rings. The third kappa shape index (κ3) is 9.60. The minimum Gasteiger partial charge on any atom is -0.494 e. The third-order valence-corrected chi connectivity index (χ3v) is 4.91. The molecule has 1 atom stereocenters. The molecule has 30 heavy (non-hydrogen) atoms. The molecule has 0 spiro atoms. The fourth-order valence-electron chi connectivity index (χ4n) is 3.38. The second-order valence-corrected chi connectivity index (χ2v) is 8.74. The van der Waals surface area contributed by atoms with Crippen LogP contribution in [0.25, 0.3) is 0 Å². The Hall–Kier alpha value is -2.10. The number of hydrogen-bond acceptors (Lipinski definition) is 6. The Kier molecular flexibility index (Phi) is 10.1. The van der Waals surface area contributed by atoms with Crippen LogP contribution in [0.4, 0.5) is 0 Å². The Balaban J connectivity index is 1.71. The van der Waals surface area contributed by atoms with Gasteiger partial charge in [-0.3, -0.25) is 9.69 Å². The third-order valence-electron chi connectivity index (χ3n) is 4.91. The van der Waals surface area contributed by atoms with Crippen molar-refractivity contribution < 1.29 is 19.0 Å². The zero-order valence-corrected chi connectivity index (χ0v) is 18.7. The summed E-state index contributed by atoms with van der Waals surface area (Å²) < 4.78 is 17.2. The molecule has 1 aliphatic heterocycles. The van der Waals surface area contributed by atoms with E-state index < -0.39 is 5.60 Å². The first-order valence-corrected chi connectivity index (χ1v) is 11.0. The number of esters is 1. The molecule has 0 amide bonds. The van der Waals surface area contributed by atoms with Gasteiger partial charge in [0.2, 0.25) is 0 Å². The van der Waals surface area contributed by atoms with Crippen LogP contribution in [0.2, 0.25) is 0 Å². The van der Waals surface area contributed by atoms with Gasteiger partial charge in [-0.1, -0.05) is 25.0 Å². The van der Waals surface area contributed by atoms with Gasteiger partial charge in [0.15, 0.2) is 0 Å². The largest absolute Gasteiger partial charge is 0.494 e. The van der Waals surface area contributed by atoms with Crippen LogP contribution in [-0.2, 0) is 14.3 Å². The molecule has 0 bridgehead atoms. The van der Waals surface area contributed by atoms with Gasteiger partial charge in [-0.2, -0.15) is 5.26 Å². The normalized spacial score (nSPS) is 17.3. The van der Waals surface area contributed by atoms with Gasteiger partial charge in [0.25, 0.3) is 0 Å². The lowest BCUT2D eigenvalue weighted by atomic mass is 10.1. The average molecular weight is 417 g/mol. The van der Waals surface area contributed by atoms with Gasteiger partial charge in [0.1, 0.15) is 11.4 Å². The zero-order valence-electron chi connectivity index (χ0n) is 18.7. The first kappa shape index (κ1) is 24.2. The second kappa shape index (κ2) is 12.6. The smallest absolute Gasteiger partial charge is 0.307 e. The molecule has 1 unspecified atom stereocenters. The van der Waals surface area contributed by atoms with Crippen LogP contribution in [0.3, 0.4) is 0 Å². The van der Waals surface area contributed by atoms with Crippen molar-refractivity contribution in [3.63, 3.8) is 0 Å². The molecule has 1 fully saturated rings. The number of hydrogen-bond donors (Lipinski definition) is 0. The molecule has 6 heteroatoms. The van der Waals surface area contributed by atoms with Gasteiger partial charge in [0, 0.05) is 26.1 Å². The van der Waals surface area contributed by atoms with Crippen molar-refractivity contribution >= 4 is 5.97 Å². The Labute approximate surface area is 181 Å². The van der Waals surface area contributed by atoms with Gasteiger partial charge in [-0.25, -0.2) is 0 Å². The van der Waals surface area contributed by atoms with Crippen molar-refractivity contribution in [2.24, 2.45) is 0 Å². The number of nitriles is 1. The SMILES string of the molecule is CC(C)(C)OC(=O)CCN1CCOC(c2ccc(OCCCCCCC#N)cc2)C1. The average Bonchev–Trinajstić information content (AvgIpc) is 2.71. The van der Waals surface area contributed by atoms with Crippen LogP contribution in [0.15, 0.2) is 24.3 Å². The predicted octanol–water partition coefficient (Wildman–Crippen LogP) is 4.64. The van der Waals surface area contributed by atoms with Crippen molar-refractivity contribution in [3.8, 4) is 11.8 Å². The maximum atomic E-state index is 12.0. The molecule has 2 rings (SSSR count). The van der Waals surface area contributed by atoms with Crippen molar-refractivity contribution in [1.82, 2.24) is 4.90 Å². The first-order chi connectivity index (χ1) is 14.4. The molecule has 1 heterocycles. The van der Waals surface area contributed by atoms with Gasteiger partial charge in [-0.05, 0) is 51.3 Å². The number of benzene rings is 1. The lowest BCUT2D eigenvalue weighted by Gasteiger charge is -2.33. The first-order valence-electron chi connectivity index (χ1n) is 11.0. The predicted molar refractivity (Wildman–Crippen MR) is 116 cm³/mol. The molecule has 166 valence electrons. The lowest BCUT2D eigenvalue weighted by Crippen LogP contribution is -2.39. The highest BCUT2D eigenvalue weighted by Gasteiger charge is 2.23. The van der Waals surface area contributed by atoms with Crippen LogP contribution < -0.4 is 4.74 Å². The van der Waals surface area contributed by atoms with Gasteiger partial charge in [-0.15, -0.1) is 0 Å². The van der Waals surface area contributed by atoms with E-state index in [2.05, 4.69) is 23.1 Å². The number of rotatable bonds is 11. The topological polar surface area (TPSA) is 71.8 Å². The summed E-state index contributed by atoms with van der Waals surface area (Å²) >= 11 is 0. The number of ether oxygens (including phenoxy) is 3. The van der Waals surface area contributed by atoms with E-state index in [1.54, 1.807) is 0 Å². The Bertz CT molecular complexity index is 676. The molecule has 1 aromatic rings. The summed E-state index contributed by atoms with van der Waals surface area (Å²) in [6.45, 7) is 9.30. The summed E-state index contributed by atoms with van der Waals surface area (Å²) in [5, 5.41) is 8.53. The molecular formula is C24H36N2O4. The number of morpholine rings is 1. The fraction of sp³-hybridized carbons (Fsp3) is 0.667. The quantitative estimate of drug-likeness (QED) is 0.386. The van der Waals surface area contributed by atoms with E-state index in [0.29, 0.717) is 32.6 Å². The number of carbonyl (C=O) groups excluding carboxylic acids is 1. The standard InChI is InChI=1S/C24H36N2O4/c1-24(2,3)30-23(27)13-15-26-16-18-29-22(19-26)20-9-11-21(12-10-20)28-17-8-6-4-5-7-14-25/h9-12,22H,4-8,13,15-19H2,1-3H3. The second-order valence-electron chi connectivity index (χ2n) is 8.74. The molecule has 0 N–H and O–H groups in total. The van der Waals surface area contributed by atoms with E-state index in [9.17, 15) is 4.79 Å². The molecular weight excluding hydrogens is 380 g/mol. The van der Waals surface area contributed by atoms with Crippen LogP contribution in [0.5, 0.6) is 5.75 Å².